The summed E-state index contributed by atoms with van der Waals surface area (Å²) in [5.41, 5.74) is 7.43. The Morgan fingerprint density at radius 3 is 1.12 bits per heavy atom. The molecular formula is C44H58Br2N4+2. The Morgan fingerprint density at radius 1 is 0.460 bits per heavy atom. The first-order valence-electron chi connectivity index (χ1n) is 18.9. The molecule has 0 amide bonds. The van der Waals surface area contributed by atoms with Crippen LogP contribution in [0.2, 0.25) is 0 Å². The third-order valence-corrected chi connectivity index (χ3v) is 10.9. The largest absolute Gasteiger partial charge is 0.372 e. The van der Waals surface area contributed by atoms with Gasteiger partial charge < -0.3 is 9.80 Å². The van der Waals surface area contributed by atoms with Crippen LogP contribution in [0.25, 0.3) is 24.3 Å². The highest BCUT2D eigenvalue weighted by Gasteiger charge is 2.08. The lowest BCUT2D eigenvalue weighted by atomic mass is 10.1. The predicted octanol–water partition coefficient (Wildman–Crippen LogP) is 11.6. The van der Waals surface area contributed by atoms with Crippen LogP contribution in [0.15, 0.2) is 94.4 Å². The van der Waals surface area contributed by atoms with Crippen LogP contribution in [-0.4, -0.2) is 26.2 Å². The van der Waals surface area contributed by atoms with Crippen molar-refractivity contribution in [1.29, 1.82) is 0 Å². The second kappa shape index (κ2) is 21.9. The van der Waals surface area contributed by atoms with Crippen LogP contribution in [0.5, 0.6) is 0 Å². The van der Waals surface area contributed by atoms with E-state index in [9.17, 15) is 0 Å². The summed E-state index contributed by atoms with van der Waals surface area (Å²) < 4.78 is 6.90. The van der Waals surface area contributed by atoms with Gasteiger partial charge in [0.05, 0.1) is 8.95 Å². The fourth-order valence-electron chi connectivity index (χ4n) is 6.38. The van der Waals surface area contributed by atoms with E-state index in [0.29, 0.717) is 0 Å². The van der Waals surface area contributed by atoms with Crippen LogP contribution < -0.4 is 18.9 Å². The molecule has 0 bridgehead atoms. The predicted molar refractivity (Wildman–Crippen MR) is 223 cm³/mol. The zero-order valence-corrected chi connectivity index (χ0v) is 34.0. The molecule has 0 atom stereocenters. The van der Waals surface area contributed by atoms with Gasteiger partial charge in [0, 0.05) is 73.7 Å². The smallest absolute Gasteiger partial charge is 0.183 e. The van der Waals surface area contributed by atoms with Crippen molar-refractivity contribution in [3.63, 3.8) is 0 Å². The summed E-state index contributed by atoms with van der Waals surface area (Å²) in [6.45, 7) is 15.1. The molecule has 2 aromatic carbocycles. The Labute approximate surface area is 319 Å². The van der Waals surface area contributed by atoms with Crippen LogP contribution in [0.4, 0.5) is 11.4 Å². The van der Waals surface area contributed by atoms with E-state index in [-0.39, 0.29) is 0 Å². The molecule has 4 rings (SSSR count). The Hall–Kier alpha value is -3.22. The number of hydrogen-bond acceptors (Lipinski definition) is 2. The minimum absolute atomic E-state index is 1.03. The standard InChI is InChI=1S/C44H58Br2N4/c1-5-49(6-2)41-25-19-37(20-26-41)17-23-39-29-33-47(35-43(39)45)31-15-13-11-9-10-12-14-16-32-48-34-30-40(44(46)36-48)24-18-38-21-27-42(28-22-38)50(7-3)8-4/h17-30,33-36H,5-16,31-32H2,1-4H3/q+2. The summed E-state index contributed by atoms with van der Waals surface area (Å²) in [6.07, 6.45) is 28.0. The number of unbranched alkanes of at least 4 members (excludes halogenated alkanes) is 7. The van der Waals surface area contributed by atoms with Gasteiger partial charge in [-0.25, -0.2) is 9.13 Å². The molecule has 4 nitrogen and oxygen atoms in total. The zero-order valence-electron chi connectivity index (χ0n) is 30.8. The number of nitrogens with zero attached hydrogens (tertiary/aromatic N) is 4. The highest BCUT2D eigenvalue weighted by atomic mass is 79.9. The SMILES string of the molecule is CCN(CC)c1ccc(/C=C/c2cc[n+](CCCCCCCCCC[n+]3ccc(/C=C/c4ccc(N(CC)CC)cc4)c(Br)c3)cc2Br)cc1. The number of pyridine rings is 2. The van der Waals surface area contributed by atoms with Gasteiger partial charge in [-0.05, 0) is 108 Å². The fourth-order valence-corrected chi connectivity index (χ4v) is 7.43. The first-order valence-corrected chi connectivity index (χ1v) is 20.5. The van der Waals surface area contributed by atoms with Gasteiger partial charge in [0.25, 0.3) is 0 Å². The van der Waals surface area contributed by atoms with Crippen molar-refractivity contribution in [1.82, 2.24) is 0 Å². The van der Waals surface area contributed by atoms with Gasteiger partial charge in [-0.15, -0.1) is 0 Å². The molecule has 0 spiro atoms. The zero-order chi connectivity index (χ0) is 35.6. The monoisotopic (exact) mass is 800 g/mol. The maximum Gasteiger partial charge on any atom is 0.183 e. The molecule has 0 aliphatic heterocycles. The number of rotatable bonds is 21. The van der Waals surface area contributed by atoms with Crippen LogP contribution in [0.3, 0.4) is 0 Å². The number of anilines is 2. The third kappa shape index (κ3) is 12.8. The summed E-state index contributed by atoms with van der Waals surface area (Å²) in [4.78, 5) is 4.74. The van der Waals surface area contributed by atoms with Crippen molar-refractivity contribution < 1.29 is 9.13 Å². The molecule has 0 N–H and O–H groups in total. The molecule has 2 aromatic heterocycles. The summed E-state index contributed by atoms with van der Waals surface area (Å²) in [7, 11) is 0. The quantitative estimate of drug-likeness (QED) is 0.0615. The molecule has 0 radical (unpaired) electrons. The van der Waals surface area contributed by atoms with E-state index in [1.165, 1.54) is 85.0 Å². The Balaban J connectivity index is 1.07. The van der Waals surface area contributed by atoms with Crippen molar-refractivity contribution in [3.05, 3.63) is 117 Å². The molecule has 0 saturated heterocycles. The van der Waals surface area contributed by atoms with Gasteiger partial charge in [0.15, 0.2) is 24.8 Å². The maximum absolute atomic E-state index is 3.79. The number of aryl methyl sites for hydroxylation is 2. The average molecular weight is 803 g/mol. The van der Waals surface area contributed by atoms with E-state index in [0.717, 1.165) is 48.2 Å². The van der Waals surface area contributed by atoms with Crippen LogP contribution in [0.1, 0.15) is 101 Å². The first-order chi connectivity index (χ1) is 24.4. The van der Waals surface area contributed by atoms with E-state index >= 15 is 0 Å². The molecule has 0 aliphatic rings. The van der Waals surface area contributed by atoms with Crippen molar-refractivity contribution >= 4 is 67.5 Å². The molecule has 2 heterocycles. The molecule has 0 unspecified atom stereocenters. The van der Waals surface area contributed by atoms with E-state index in [1.807, 2.05) is 0 Å². The lowest BCUT2D eigenvalue weighted by molar-refractivity contribution is -0.698. The topological polar surface area (TPSA) is 14.2 Å². The number of benzene rings is 2. The minimum atomic E-state index is 1.03. The van der Waals surface area contributed by atoms with Crippen molar-refractivity contribution in [2.45, 2.75) is 92.2 Å². The summed E-state index contributed by atoms with van der Waals surface area (Å²) in [5, 5.41) is 0. The molecular weight excluding hydrogens is 744 g/mol. The van der Waals surface area contributed by atoms with Crippen LogP contribution in [0, 0.1) is 0 Å². The van der Waals surface area contributed by atoms with Crippen molar-refractivity contribution in [2.75, 3.05) is 36.0 Å². The fraction of sp³-hybridized carbons (Fsp3) is 0.409. The Morgan fingerprint density at radius 2 is 0.800 bits per heavy atom. The van der Waals surface area contributed by atoms with Crippen molar-refractivity contribution in [3.8, 4) is 0 Å². The van der Waals surface area contributed by atoms with Gasteiger partial charge in [0.2, 0.25) is 0 Å². The van der Waals surface area contributed by atoms with Crippen LogP contribution in [-0.2, 0) is 13.1 Å². The van der Waals surface area contributed by atoms with Gasteiger partial charge in [-0.2, -0.15) is 0 Å². The molecule has 4 aromatic rings. The number of hydrogen-bond donors (Lipinski definition) is 0. The minimum Gasteiger partial charge on any atom is -0.372 e. The molecule has 266 valence electrons. The molecule has 0 fully saturated rings. The molecule has 0 aliphatic carbocycles. The van der Waals surface area contributed by atoms with E-state index < -0.39 is 0 Å². The second-order valence-corrected chi connectivity index (χ2v) is 14.7. The molecule has 50 heavy (non-hydrogen) atoms. The van der Waals surface area contributed by atoms with Crippen molar-refractivity contribution in [2.24, 2.45) is 0 Å². The molecule has 0 saturated carbocycles. The van der Waals surface area contributed by atoms with Gasteiger partial charge in [0.1, 0.15) is 13.1 Å². The van der Waals surface area contributed by atoms with E-state index in [4.69, 9.17) is 0 Å². The first kappa shape index (κ1) is 39.6. The van der Waals surface area contributed by atoms with E-state index in [1.54, 1.807) is 0 Å². The summed E-state index contributed by atoms with van der Waals surface area (Å²) in [6, 6.07) is 22.1. The highest BCUT2D eigenvalue weighted by molar-refractivity contribution is 9.10. The summed E-state index contributed by atoms with van der Waals surface area (Å²) >= 11 is 7.58. The van der Waals surface area contributed by atoms with E-state index in [2.05, 4.69) is 188 Å². The van der Waals surface area contributed by atoms with Gasteiger partial charge in [-0.1, -0.05) is 74.3 Å². The average Bonchev–Trinajstić information content (AvgIpc) is 3.13. The lowest BCUT2D eigenvalue weighted by Gasteiger charge is -2.20. The maximum atomic E-state index is 3.79. The van der Waals surface area contributed by atoms with Gasteiger partial charge in [-0.3, -0.25) is 0 Å². The lowest BCUT2D eigenvalue weighted by Crippen LogP contribution is -2.32. The van der Waals surface area contributed by atoms with Gasteiger partial charge >= 0.3 is 0 Å². The Kier molecular flexibility index (Phi) is 17.3. The Bertz CT molecular complexity index is 1500. The second-order valence-electron chi connectivity index (χ2n) is 13.0. The normalized spacial score (nSPS) is 11.6. The van der Waals surface area contributed by atoms with Crippen LogP contribution >= 0.6 is 31.9 Å². The number of halogens is 2. The highest BCUT2D eigenvalue weighted by Crippen LogP contribution is 2.21. The third-order valence-electron chi connectivity index (χ3n) is 9.54. The summed E-state index contributed by atoms with van der Waals surface area (Å²) in [5.74, 6) is 0. The number of aromatic nitrogens is 2. The molecule has 6 heteroatoms.